The van der Waals surface area contributed by atoms with Crippen LogP contribution in [0.25, 0.3) is 0 Å². The van der Waals surface area contributed by atoms with Gasteiger partial charge < -0.3 is 39.2 Å². The molecule has 4 aliphatic heterocycles. The molecular formula is C62H90F2N14O6S2. The molecular weight excluding hydrogens is 1140 g/mol. The smallest absolute Gasteiger partial charge is 0.256 e. The first-order valence-corrected chi connectivity index (χ1v) is 35.2. The van der Waals surface area contributed by atoms with Crippen LogP contribution in [0.4, 0.5) is 43.2 Å². The Labute approximate surface area is 508 Å². The minimum atomic E-state index is -3.24. The van der Waals surface area contributed by atoms with Gasteiger partial charge in [-0.15, -0.1) is 0 Å². The molecule has 2 saturated heterocycles. The van der Waals surface area contributed by atoms with E-state index in [2.05, 4.69) is 38.9 Å². The predicted molar refractivity (Wildman–Crippen MR) is 334 cm³/mol. The molecule has 1 unspecified atom stereocenters. The van der Waals surface area contributed by atoms with Gasteiger partial charge in [-0.25, -0.2) is 55.0 Å². The predicted octanol–water partition coefficient (Wildman–Crippen LogP) is 7.43. The van der Waals surface area contributed by atoms with Gasteiger partial charge in [-0.05, 0) is 160 Å². The Morgan fingerprint density at radius 3 is 1.74 bits per heavy atom. The molecule has 10 rings (SSSR count). The summed E-state index contributed by atoms with van der Waals surface area (Å²) in [5.41, 5.74) is 3.11. The number of carbonyl (C=O) groups excluding carboxylic acids is 2. The van der Waals surface area contributed by atoms with Gasteiger partial charge in [0.15, 0.2) is 11.6 Å². The Balaban J connectivity index is 0.843. The van der Waals surface area contributed by atoms with E-state index in [1.54, 1.807) is 40.7 Å². The number of hydrogen-bond donors (Lipinski definition) is 2. The van der Waals surface area contributed by atoms with Gasteiger partial charge in [-0.3, -0.25) is 9.59 Å². The Morgan fingerprint density at radius 1 is 0.616 bits per heavy atom. The maximum atomic E-state index is 15.6. The molecule has 2 amide bonds. The second-order valence-electron chi connectivity index (χ2n) is 25.7. The minimum Gasteiger partial charge on any atom is -0.353 e. The Hall–Kier alpha value is -5.66. The SMILES string of the molecule is CCN(C(=O)c1cc(F)ccc1N1CCN(CC2CN(CC3CCC(NS(C)(=O)=O)CC3)C2)c2nc(CCN(C(=O)c3cc(F)ccc3N3CCN(C4CCCN(CC5CCC(NS(C)(=O)=O)CC5)CC4)c4ncncc43)C(C)C)ncc21)C(C)C. The van der Waals surface area contributed by atoms with Crippen molar-refractivity contribution in [2.75, 3.05) is 117 Å². The highest BCUT2D eigenvalue weighted by atomic mass is 32.2. The van der Waals surface area contributed by atoms with Gasteiger partial charge in [-0.1, -0.05) is 0 Å². The van der Waals surface area contributed by atoms with Gasteiger partial charge in [0.1, 0.15) is 35.2 Å². The number of nitrogens with one attached hydrogen (secondary N) is 2. The van der Waals surface area contributed by atoms with E-state index in [1.165, 1.54) is 36.8 Å². The number of hydrogen-bond acceptors (Lipinski definition) is 16. The Bertz CT molecular complexity index is 3250. The van der Waals surface area contributed by atoms with Gasteiger partial charge >= 0.3 is 0 Å². The first-order valence-electron chi connectivity index (χ1n) is 31.4. The minimum absolute atomic E-state index is 0.000435. The molecule has 2 aliphatic carbocycles. The molecule has 6 heterocycles. The van der Waals surface area contributed by atoms with E-state index < -0.39 is 31.7 Å². The van der Waals surface area contributed by atoms with Crippen LogP contribution in [-0.4, -0.2) is 196 Å². The van der Waals surface area contributed by atoms with Gasteiger partial charge in [0.05, 0.1) is 47.4 Å². The van der Waals surface area contributed by atoms with Gasteiger partial charge in [0, 0.05) is 121 Å². The molecule has 4 fully saturated rings. The third-order valence-corrected chi connectivity index (χ3v) is 20.2. The highest BCUT2D eigenvalue weighted by Crippen LogP contribution is 2.42. The van der Waals surface area contributed by atoms with E-state index in [9.17, 15) is 21.6 Å². The lowest BCUT2D eigenvalue weighted by Crippen LogP contribution is -2.54. The largest absolute Gasteiger partial charge is 0.353 e. The molecule has 2 aromatic heterocycles. The molecule has 1 atom stereocenters. The van der Waals surface area contributed by atoms with Crippen LogP contribution >= 0.6 is 0 Å². The van der Waals surface area contributed by atoms with Crippen LogP contribution in [0.3, 0.4) is 0 Å². The van der Waals surface area contributed by atoms with E-state index >= 15 is 13.6 Å². The quantitative estimate of drug-likeness (QED) is 0.0833. The number of likely N-dealkylation sites (tertiary alicyclic amines) is 2. The lowest BCUT2D eigenvalue weighted by Gasteiger charge is -2.46. The number of nitrogens with zero attached hydrogens (tertiary/aromatic N) is 12. The van der Waals surface area contributed by atoms with Crippen molar-refractivity contribution in [3.8, 4) is 0 Å². The second-order valence-corrected chi connectivity index (χ2v) is 29.3. The van der Waals surface area contributed by atoms with Crippen molar-refractivity contribution in [3.05, 3.63) is 83.7 Å². The summed E-state index contributed by atoms with van der Waals surface area (Å²) in [7, 11) is -6.46. The standard InChI is InChI=1S/C62H90F2N14O6S2/c1-8-74(42(2)3)61(79)52-32-47(63)15-21-54(52)77-29-28-73(40-46-38-72(39-46)37-45-13-19-50(20-14-45)70-86(7,83)84)60-57(77)35-66-58(68-60)24-27-75(43(4)5)62(80)53-33-48(64)16-22-55(53)78-31-30-76(59-56(78)34-65-41-67-59)51-10-9-25-71(26-23-51)36-44-11-17-49(18-12-44)69-85(6,81)82/h15-16,21-22,32-35,41-46,49-51,69-70H,8-14,17-20,23-31,36-40H2,1-7H3. The van der Waals surface area contributed by atoms with Crippen molar-refractivity contribution in [2.45, 2.75) is 142 Å². The number of carbonyl (C=O) groups is 2. The number of sulfonamides is 2. The zero-order valence-electron chi connectivity index (χ0n) is 51.4. The number of benzene rings is 2. The summed E-state index contributed by atoms with van der Waals surface area (Å²) in [5.74, 6) is 1.83. The molecule has 4 aromatic rings. The first-order chi connectivity index (χ1) is 41.1. The third-order valence-electron chi connectivity index (χ3n) is 18.7. The van der Waals surface area contributed by atoms with Crippen LogP contribution in [-0.2, 0) is 26.5 Å². The maximum Gasteiger partial charge on any atom is 0.256 e. The van der Waals surface area contributed by atoms with Crippen LogP contribution in [0.5, 0.6) is 0 Å². The summed E-state index contributed by atoms with van der Waals surface area (Å²) in [6.45, 7) is 19.2. The molecule has 2 aromatic carbocycles. The summed E-state index contributed by atoms with van der Waals surface area (Å²) in [6, 6.07) is 8.68. The average molecular weight is 1230 g/mol. The zero-order valence-corrected chi connectivity index (χ0v) is 53.0. The molecule has 470 valence electrons. The molecule has 2 saturated carbocycles. The zero-order chi connectivity index (χ0) is 61.0. The number of rotatable bonds is 21. The van der Waals surface area contributed by atoms with E-state index in [0.717, 1.165) is 128 Å². The summed E-state index contributed by atoms with van der Waals surface area (Å²) >= 11 is 0. The van der Waals surface area contributed by atoms with E-state index in [4.69, 9.17) is 15.0 Å². The highest BCUT2D eigenvalue weighted by molar-refractivity contribution is 7.89. The highest BCUT2D eigenvalue weighted by Gasteiger charge is 2.38. The Morgan fingerprint density at radius 2 is 1.17 bits per heavy atom. The number of anilines is 6. The lowest BCUT2D eigenvalue weighted by molar-refractivity contribution is 0.0702. The molecule has 6 aliphatic rings. The average Bonchev–Trinajstić information content (AvgIpc) is 1.18. The van der Waals surface area contributed by atoms with Crippen molar-refractivity contribution in [1.29, 1.82) is 0 Å². The molecule has 2 N–H and O–H groups in total. The fourth-order valence-electron chi connectivity index (χ4n) is 14.4. The normalized spacial score (nSPS) is 22.8. The van der Waals surface area contributed by atoms with E-state index in [-0.39, 0.29) is 59.7 Å². The summed E-state index contributed by atoms with van der Waals surface area (Å²) in [4.78, 5) is 66.2. The van der Waals surface area contributed by atoms with Crippen LogP contribution in [0.2, 0.25) is 0 Å². The van der Waals surface area contributed by atoms with Crippen molar-refractivity contribution in [1.82, 2.24) is 49.0 Å². The van der Waals surface area contributed by atoms with E-state index in [1.807, 2.05) is 39.5 Å². The van der Waals surface area contributed by atoms with Crippen LogP contribution in [0.15, 0.2) is 55.1 Å². The molecule has 20 nitrogen and oxygen atoms in total. The number of aromatic nitrogens is 4. The van der Waals surface area contributed by atoms with Crippen molar-refractivity contribution in [3.63, 3.8) is 0 Å². The third kappa shape index (κ3) is 15.4. The van der Waals surface area contributed by atoms with Crippen molar-refractivity contribution < 1.29 is 35.2 Å². The maximum absolute atomic E-state index is 15.6. The Kier molecular flexibility index (Phi) is 20.2. The van der Waals surface area contributed by atoms with Gasteiger partial charge in [0.25, 0.3) is 11.8 Å². The number of amides is 2. The molecule has 0 radical (unpaired) electrons. The first kappa shape index (κ1) is 63.4. The van der Waals surface area contributed by atoms with Crippen LogP contribution in [0, 0.1) is 29.4 Å². The van der Waals surface area contributed by atoms with Crippen LogP contribution < -0.4 is 29.0 Å². The molecule has 24 heteroatoms. The van der Waals surface area contributed by atoms with Gasteiger partial charge in [0.2, 0.25) is 20.0 Å². The summed E-state index contributed by atoms with van der Waals surface area (Å²) in [5, 5.41) is 0. The van der Waals surface area contributed by atoms with Crippen molar-refractivity contribution >= 4 is 66.2 Å². The molecule has 86 heavy (non-hydrogen) atoms. The summed E-state index contributed by atoms with van der Waals surface area (Å²) in [6.07, 6.45) is 18.3. The molecule has 0 bridgehead atoms. The molecule has 0 spiro atoms. The number of fused-ring (bicyclic) bond motifs is 2. The van der Waals surface area contributed by atoms with Crippen molar-refractivity contribution in [2.24, 2.45) is 17.8 Å². The van der Waals surface area contributed by atoms with E-state index in [0.29, 0.717) is 85.6 Å². The van der Waals surface area contributed by atoms with Gasteiger partial charge in [-0.2, -0.15) is 0 Å². The topological polar surface area (TPSA) is 204 Å². The fraction of sp³-hybridized carbons (Fsp3) is 0.645. The summed E-state index contributed by atoms with van der Waals surface area (Å²) < 4.78 is 83.7. The lowest BCUT2D eigenvalue weighted by atomic mass is 9.85. The van der Waals surface area contributed by atoms with Crippen LogP contribution in [0.1, 0.15) is 132 Å². The second kappa shape index (κ2) is 27.4. The fourth-order valence-corrected chi connectivity index (χ4v) is 16.1. The number of halogens is 2. The monoisotopic (exact) mass is 1230 g/mol.